The molecule has 0 aliphatic rings. The summed E-state index contributed by atoms with van der Waals surface area (Å²) in [6, 6.07) is 1.85. The van der Waals surface area contributed by atoms with Crippen LogP contribution in [0.4, 0.5) is 5.82 Å². The van der Waals surface area contributed by atoms with E-state index in [0.29, 0.717) is 5.82 Å². The maximum Gasteiger partial charge on any atom is 0.145 e. The van der Waals surface area contributed by atoms with Gasteiger partial charge in [-0.3, -0.25) is 4.68 Å². The van der Waals surface area contributed by atoms with Crippen LogP contribution in [0.1, 0.15) is 12.6 Å². The van der Waals surface area contributed by atoms with Gasteiger partial charge in [-0.2, -0.15) is 5.10 Å². The highest BCUT2D eigenvalue weighted by atomic mass is 16.5. The standard InChI is InChI=1S/C8H15N3O/c1-6-4-8(9)10-11(6)5-7(2)12-3/h4,7H,5H2,1-3H3,(H2,9,10). The predicted molar refractivity (Wildman–Crippen MR) is 47.8 cm³/mol. The van der Waals surface area contributed by atoms with Crippen molar-refractivity contribution < 1.29 is 4.74 Å². The zero-order valence-corrected chi connectivity index (χ0v) is 7.74. The molecule has 1 rings (SSSR count). The van der Waals surface area contributed by atoms with Crippen molar-refractivity contribution in [2.24, 2.45) is 0 Å². The van der Waals surface area contributed by atoms with Gasteiger partial charge in [-0.15, -0.1) is 0 Å². The lowest BCUT2D eigenvalue weighted by molar-refractivity contribution is 0.0993. The zero-order chi connectivity index (χ0) is 9.14. The van der Waals surface area contributed by atoms with Gasteiger partial charge in [-0.05, 0) is 13.8 Å². The van der Waals surface area contributed by atoms with Crippen LogP contribution in [0.2, 0.25) is 0 Å². The van der Waals surface area contributed by atoms with Crippen LogP contribution in [0, 0.1) is 6.92 Å². The van der Waals surface area contributed by atoms with Crippen molar-refractivity contribution in [1.82, 2.24) is 9.78 Å². The summed E-state index contributed by atoms with van der Waals surface area (Å²) in [5.74, 6) is 0.566. The molecule has 12 heavy (non-hydrogen) atoms. The second-order valence-corrected chi connectivity index (χ2v) is 2.94. The van der Waals surface area contributed by atoms with Gasteiger partial charge in [0.15, 0.2) is 0 Å². The van der Waals surface area contributed by atoms with E-state index < -0.39 is 0 Å². The largest absolute Gasteiger partial charge is 0.382 e. The van der Waals surface area contributed by atoms with E-state index in [0.717, 1.165) is 12.2 Å². The first-order chi connectivity index (χ1) is 5.63. The predicted octanol–water partition coefficient (Wildman–Crippen LogP) is 0.809. The highest BCUT2D eigenvalue weighted by molar-refractivity contribution is 5.28. The van der Waals surface area contributed by atoms with Gasteiger partial charge in [0.1, 0.15) is 5.82 Å². The van der Waals surface area contributed by atoms with Crippen LogP contribution >= 0.6 is 0 Å². The van der Waals surface area contributed by atoms with Crippen molar-refractivity contribution in [3.05, 3.63) is 11.8 Å². The summed E-state index contributed by atoms with van der Waals surface area (Å²) < 4.78 is 6.97. The Bertz CT molecular complexity index is 257. The highest BCUT2D eigenvalue weighted by Gasteiger charge is 2.05. The molecular formula is C8H15N3O. The minimum absolute atomic E-state index is 0.169. The van der Waals surface area contributed by atoms with Crippen LogP contribution in [0.3, 0.4) is 0 Å². The first-order valence-corrected chi connectivity index (χ1v) is 3.96. The number of nitrogen functional groups attached to an aromatic ring is 1. The molecule has 0 aliphatic carbocycles. The second kappa shape index (κ2) is 3.58. The minimum Gasteiger partial charge on any atom is -0.382 e. The average Bonchev–Trinajstić information content (AvgIpc) is 2.30. The quantitative estimate of drug-likeness (QED) is 0.728. The molecule has 0 saturated carbocycles. The molecule has 68 valence electrons. The van der Waals surface area contributed by atoms with Crippen molar-refractivity contribution in [1.29, 1.82) is 0 Å². The third-order valence-electron chi connectivity index (χ3n) is 1.83. The van der Waals surface area contributed by atoms with Crippen molar-refractivity contribution in [3.63, 3.8) is 0 Å². The van der Waals surface area contributed by atoms with Crippen LogP contribution in [0.25, 0.3) is 0 Å². The Morgan fingerprint density at radius 2 is 2.42 bits per heavy atom. The molecule has 1 heterocycles. The van der Waals surface area contributed by atoms with Crippen molar-refractivity contribution >= 4 is 5.82 Å². The van der Waals surface area contributed by atoms with E-state index in [1.807, 2.05) is 24.6 Å². The van der Waals surface area contributed by atoms with Crippen LogP contribution in [0.15, 0.2) is 6.07 Å². The van der Waals surface area contributed by atoms with Crippen LogP contribution in [-0.4, -0.2) is 23.0 Å². The highest BCUT2D eigenvalue weighted by Crippen LogP contribution is 2.05. The topological polar surface area (TPSA) is 53.1 Å². The Hall–Kier alpha value is -1.03. The second-order valence-electron chi connectivity index (χ2n) is 2.94. The van der Waals surface area contributed by atoms with E-state index in [4.69, 9.17) is 10.5 Å². The van der Waals surface area contributed by atoms with Gasteiger partial charge in [0.25, 0.3) is 0 Å². The Balaban J connectivity index is 2.68. The number of methoxy groups -OCH3 is 1. The molecule has 0 amide bonds. The lowest BCUT2D eigenvalue weighted by atomic mass is 10.4. The number of rotatable bonds is 3. The molecule has 0 spiro atoms. The minimum atomic E-state index is 0.169. The molecule has 1 unspecified atom stereocenters. The first kappa shape index (κ1) is 9.06. The molecule has 1 aromatic heterocycles. The molecule has 1 aromatic rings. The van der Waals surface area contributed by atoms with E-state index in [1.165, 1.54) is 0 Å². The summed E-state index contributed by atoms with van der Waals surface area (Å²) in [7, 11) is 1.69. The zero-order valence-electron chi connectivity index (χ0n) is 7.74. The van der Waals surface area contributed by atoms with Gasteiger partial charge in [0, 0.05) is 18.9 Å². The lowest BCUT2D eigenvalue weighted by Gasteiger charge is -2.10. The Labute approximate surface area is 72.3 Å². The lowest BCUT2D eigenvalue weighted by Crippen LogP contribution is -2.16. The average molecular weight is 169 g/mol. The smallest absolute Gasteiger partial charge is 0.145 e. The molecule has 4 heteroatoms. The summed E-state index contributed by atoms with van der Waals surface area (Å²) in [6.45, 7) is 4.72. The molecule has 2 N–H and O–H groups in total. The van der Waals surface area contributed by atoms with E-state index in [2.05, 4.69) is 5.10 Å². The number of aryl methyl sites for hydroxylation is 1. The third kappa shape index (κ3) is 1.98. The van der Waals surface area contributed by atoms with Crippen molar-refractivity contribution in [2.75, 3.05) is 12.8 Å². The molecule has 0 saturated heterocycles. The molecule has 0 bridgehead atoms. The number of anilines is 1. The number of ether oxygens (including phenoxy) is 1. The molecule has 1 atom stereocenters. The van der Waals surface area contributed by atoms with Gasteiger partial charge in [-0.1, -0.05) is 0 Å². The number of hydrogen-bond donors (Lipinski definition) is 1. The van der Waals surface area contributed by atoms with Gasteiger partial charge < -0.3 is 10.5 Å². The maximum atomic E-state index is 5.52. The van der Waals surface area contributed by atoms with E-state index in [-0.39, 0.29) is 6.10 Å². The first-order valence-electron chi connectivity index (χ1n) is 3.96. The van der Waals surface area contributed by atoms with Gasteiger partial charge in [0.2, 0.25) is 0 Å². The van der Waals surface area contributed by atoms with Gasteiger partial charge >= 0.3 is 0 Å². The van der Waals surface area contributed by atoms with Crippen molar-refractivity contribution in [2.45, 2.75) is 26.5 Å². The van der Waals surface area contributed by atoms with Crippen molar-refractivity contribution in [3.8, 4) is 0 Å². The molecule has 0 radical (unpaired) electrons. The fourth-order valence-corrected chi connectivity index (χ4v) is 1.04. The summed E-state index contributed by atoms with van der Waals surface area (Å²) in [5.41, 5.74) is 6.59. The molecule has 4 nitrogen and oxygen atoms in total. The van der Waals surface area contributed by atoms with E-state index >= 15 is 0 Å². The molecular weight excluding hydrogens is 154 g/mol. The summed E-state index contributed by atoms with van der Waals surface area (Å²) in [4.78, 5) is 0. The summed E-state index contributed by atoms with van der Waals surface area (Å²) >= 11 is 0. The maximum absolute atomic E-state index is 5.52. The number of hydrogen-bond acceptors (Lipinski definition) is 3. The third-order valence-corrected chi connectivity index (χ3v) is 1.83. The van der Waals surface area contributed by atoms with Gasteiger partial charge in [0.05, 0.1) is 12.6 Å². The van der Waals surface area contributed by atoms with Crippen LogP contribution in [0.5, 0.6) is 0 Å². The van der Waals surface area contributed by atoms with Crippen LogP contribution < -0.4 is 5.73 Å². The Kier molecular flexibility index (Phi) is 2.70. The number of aromatic nitrogens is 2. The normalized spacial score (nSPS) is 13.2. The summed E-state index contributed by atoms with van der Waals surface area (Å²) in [5, 5.41) is 4.11. The molecule has 0 aliphatic heterocycles. The SMILES string of the molecule is COC(C)Cn1nc(N)cc1C. The number of nitrogens with zero attached hydrogens (tertiary/aromatic N) is 2. The van der Waals surface area contributed by atoms with Crippen LogP contribution in [-0.2, 0) is 11.3 Å². The fourth-order valence-electron chi connectivity index (χ4n) is 1.04. The number of nitrogens with two attached hydrogens (primary N) is 1. The Morgan fingerprint density at radius 3 is 2.83 bits per heavy atom. The monoisotopic (exact) mass is 169 g/mol. The Morgan fingerprint density at radius 1 is 1.75 bits per heavy atom. The summed E-state index contributed by atoms with van der Waals surface area (Å²) in [6.07, 6.45) is 0.169. The van der Waals surface area contributed by atoms with Gasteiger partial charge in [-0.25, -0.2) is 0 Å². The molecule has 0 fully saturated rings. The fraction of sp³-hybridized carbons (Fsp3) is 0.625. The molecule has 0 aromatic carbocycles. The van der Waals surface area contributed by atoms with E-state index in [9.17, 15) is 0 Å². The van der Waals surface area contributed by atoms with E-state index in [1.54, 1.807) is 7.11 Å².